The van der Waals surface area contributed by atoms with Gasteiger partial charge in [-0.25, -0.2) is 9.18 Å². The van der Waals surface area contributed by atoms with Crippen molar-refractivity contribution in [1.82, 2.24) is 19.4 Å². The van der Waals surface area contributed by atoms with Gasteiger partial charge >= 0.3 is 5.97 Å². The van der Waals surface area contributed by atoms with Crippen molar-refractivity contribution < 1.29 is 29.0 Å². The van der Waals surface area contributed by atoms with Crippen LogP contribution >= 0.6 is 0 Å². The van der Waals surface area contributed by atoms with E-state index in [-0.39, 0.29) is 59.6 Å². The third-order valence-electron chi connectivity index (χ3n) is 7.60. The van der Waals surface area contributed by atoms with Crippen LogP contribution in [0.1, 0.15) is 47.8 Å². The van der Waals surface area contributed by atoms with E-state index in [1.54, 1.807) is 27.5 Å². The topological polar surface area (TPSA) is 154 Å². The summed E-state index contributed by atoms with van der Waals surface area (Å²) in [4.78, 5) is 64.3. The van der Waals surface area contributed by atoms with Crippen molar-refractivity contribution in [3.63, 3.8) is 0 Å². The fourth-order valence-corrected chi connectivity index (χ4v) is 5.09. The molecule has 2 fully saturated rings. The van der Waals surface area contributed by atoms with Crippen LogP contribution in [0.2, 0.25) is 0 Å². The van der Waals surface area contributed by atoms with Gasteiger partial charge in [0.2, 0.25) is 22.7 Å². The van der Waals surface area contributed by atoms with E-state index < -0.39 is 22.6 Å². The lowest BCUT2D eigenvalue weighted by atomic mass is 10.1. The van der Waals surface area contributed by atoms with E-state index in [2.05, 4.69) is 5.32 Å². The standard InChI is InChI=1S/C28H30FN5O7/c1-31-15-24(36)23(35)10-17(31)13-30-25(37)4-5-26(38)33-8-6-32(7-9-33)22-12-21-18(11-20(22)29)27(39)19(28(40)41)14-34(21)16-2-3-16/h10-12,14-16,36H,2-9,13H2,1H3,(H,30,37)(H,40,41). The molecular weight excluding hydrogens is 537 g/mol. The van der Waals surface area contributed by atoms with Crippen LogP contribution in [0.15, 0.2) is 40.2 Å². The van der Waals surface area contributed by atoms with Crippen LogP contribution in [-0.4, -0.2) is 68.2 Å². The summed E-state index contributed by atoms with van der Waals surface area (Å²) in [6.07, 6.45) is 4.24. The predicted octanol–water partition coefficient (Wildman–Crippen LogP) is 1.32. The average molecular weight is 568 g/mol. The van der Waals surface area contributed by atoms with E-state index >= 15 is 4.39 Å². The van der Waals surface area contributed by atoms with Crippen molar-refractivity contribution >= 4 is 34.4 Å². The molecule has 2 amide bonds. The van der Waals surface area contributed by atoms with Crippen LogP contribution in [0, 0.1) is 5.82 Å². The number of fused-ring (bicyclic) bond motifs is 1. The van der Waals surface area contributed by atoms with Gasteiger partial charge in [-0.15, -0.1) is 0 Å². The Labute approximate surface area is 233 Å². The van der Waals surface area contributed by atoms with Gasteiger partial charge in [0.1, 0.15) is 11.4 Å². The highest BCUT2D eigenvalue weighted by Gasteiger charge is 2.29. The molecule has 2 aromatic heterocycles. The number of benzene rings is 1. The second-order valence-corrected chi connectivity index (χ2v) is 10.4. The van der Waals surface area contributed by atoms with Gasteiger partial charge in [0.05, 0.1) is 17.7 Å². The van der Waals surface area contributed by atoms with Crippen molar-refractivity contribution in [3.8, 4) is 5.75 Å². The van der Waals surface area contributed by atoms with Crippen LogP contribution < -0.4 is 21.1 Å². The number of carboxylic acid groups (broad SMARTS) is 1. The molecule has 1 saturated heterocycles. The van der Waals surface area contributed by atoms with E-state index in [1.165, 1.54) is 23.0 Å². The van der Waals surface area contributed by atoms with Crippen molar-refractivity contribution in [2.24, 2.45) is 7.05 Å². The molecule has 2 aliphatic rings. The molecular formula is C28H30FN5O7. The van der Waals surface area contributed by atoms with Gasteiger partial charge in [-0.1, -0.05) is 0 Å². The molecule has 1 aliphatic carbocycles. The minimum absolute atomic E-state index is 0.00967. The molecule has 1 saturated carbocycles. The summed E-state index contributed by atoms with van der Waals surface area (Å²) in [5.74, 6) is -2.94. The Bertz CT molecular complexity index is 1670. The Hall–Kier alpha value is -4.68. The lowest BCUT2D eigenvalue weighted by molar-refractivity contribution is -0.133. The maximum absolute atomic E-state index is 15.2. The smallest absolute Gasteiger partial charge is 0.341 e. The van der Waals surface area contributed by atoms with Gasteiger partial charge in [0.25, 0.3) is 0 Å². The number of carboxylic acids is 1. The number of carbonyl (C=O) groups excluding carboxylic acids is 2. The fraction of sp³-hybridized carbons (Fsp3) is 0.393. The third kappa shape index (κ3) is 5.79. The summed E-state index contributed by atoms with van der Waals surface area (Å²) in [7, 11) is 1.63. The molecule has 1 aromatic carbocycles. The first kappa shape index (κ1) is 27.9. The molecule has 13 heteroatoms. The first-order valence-electron chi connectivity index (χ1n) is 13.3. The summed E-state index contributed by atoms with van der Waals surface area (Å²) in [6, 6.07) is 3.98. The molecule has 5 rings (SSSR count). The third-order valence-corrected chi connectivity index (χ3v) is 7.60. The van der Waals surface area contributed by atoms with Crippen LogP contribution in [0.25, 0.3) is 10.9 Å². The minimum Gasteiger partial charge on any atom is -0.503 e. The van der Waals surface area contributed by atoms with Gasteiger partial charge in [-0.05, 0) is 25.0 Å². The fourth-order valence-electron chi connectivity index (χ4n) is 5.09. The molecule has 12 nitrogen and oxygen atoms in total. The number of carbonyl (C=O) groups is 3. The van der Waals surface area contributed by atoms with Crippen LogP contribution in [0.5, 0.6) is 5.75 Å². The zero-order valence-electron chi connectivity index (χ0n) is 22.4. The van der Waals surface area contributed by atoms with Crippen molar-refractivity contribution in [3.05, 3.63) is 68.1 Å². The summed E-state index contributed by atoms with van der Waals surface area (Å²) in [6.45, 7) is 1.40. The Morgan fingerprint density at radius 1 is 1.02 bits per heavy atom. The molecule has 3 aromatic rings. The van der Waals surface area contributed by atoms with Crippen molar-refractivity contribution in [2.75, 3.05) is 31.1 Å². The summed E-state index contributed by atoms with van der Waals surface area (Å²) >= 11 is 0. The Balaban J connectivity index is 1.19. The maximum atomic E-state index is 15.2. The van der Waals surface area contributed by atoms with E-state index in [0.29, 0.717) is 37.4 Å². The van der Waals surface area contributed by atoms with Gasteiger partial charge < -0.3 is 34.5 Å². The molecule has 0 spiro atoms. The quantitative estimate of drug-likeness (QED) is 0.368. The zero-order chi connectivity index (χ0) is 29.4. The average Bonchev–Trinajstić information content (AvgIpc) is 3.78. The van der Waals surface area contributed by atoms with Gasteiger partial charge in [0, 0.05) is 81.7 Å². The zero-order valence-corrected chi connectivity index (χ0v) is 22.4. The van der Waals surface area contributed by atoms with E-state index in [9.17, 15) is 34.2 Å². The summed E-state index contributed by atoms with van der Waals surface area (Å²) < 4.78 is 18.5. The lowest BCUT2D eigenvalue weighted by Crippen LogP contribution is -2.49. The van der Waals surface area contributed by atoms with Crippen LogP contribution in [-0.2, 0) is 23.2 Å². The van der Waals surface area contributed by atoms with E-state index in [0.717, 1.165) is 18.9 Å². The molecule has 3 N–H and O–H groups in total. The first-order chi connectivity index (χ1) is 19.5. The van der Waals surface area contributed by atoms with Crippen LogP contribution in [0.4, 0.5) is 10.1 Å². The van der Waals surface area contributed by atoms with Gasteiger partial charge in [-0.2, -0.15) is 0 Å². The molecule has 0 radical (unpaired) electrons. The molecule has 0 unspecified atom stereocenters. The van der Waals surface area contributed by atoms with Gasteiger partial charge in [-0.3, -0.25) is 19.2 Å². The second kappa shape index (κ2) is 11.1. The van der Waals surface area contributed by atoms with Gasteiger partial charge in [0.15, 0.2) is 5.75 Å². The largest absolute Gasteiger partial charge is 0.503 e. The Morgan fingerprint density at radius 3 is 2.39 bits per heavy atom. The molecule has 0 atom stereocenters. The summed E-state index contributed by atoms with van der Waals surface area (Å²) in [5.41, 5.74) is -0.388. The summed E-state index contributed by atoms with van der Waals surface area (Å²) in [5, 5.41) is 21.6. The highest BCUT2D eigenvalue weighted by atomic mass is 19.1. The van der Waals surface area contributed by atoms with Crippen molar-refractivity contribution in [2.45, 2.75) is 38.3 Å². The lowest BCUT2D eigenvalue weighted by Gasteiger charge is -2.36. The second-order valence-electron chi connectivity index (χ2n) is 10.4. The number of nitrogens with zero attached hydrogens (tertiary/aromatic N) is 4. The Morgan fingerprint density at radius 2 is 1.73 bits per heavy atom. The highest BCUT2D eigenvalue weighted by Crippen LogP contribution is 2.38. The number of rotatable bonds is 8. The number of aromatic nitrogens is 2. The van der Waals surface area contributed by atoms with Crippen molar-refractivity contribution in [1.29, 1.82) is 0 Å². The number of nitrogens with one attached hydrogen (secondary N) is 1. The highest BCUT2D eigenvalue weighted by molar-refractivity contribution is 5.93. The maximum Gasteiger partial charge on any atom is 0.341 e. The number of hydrogen-bond acceptors (Lipinski definition) is 7. The van der Waals surface area contributed by atoms with E-state index in [1.807, 2.05) is 0 Å². The van der Waals surface area contributed by atoms with E-state index in [4.69, 9.17) is 0 Å². The molecule has 0 bridgehead atoms. The molecule has 216 valence electrons. The number of amides is 2. The number of piperazine rings is 1. The SMILES string of the molecule is Cn1cc(O)c(=O)cc1CNC(=O)CCC(=O)N1CCN(c2cc3c(cc2F)c(=O)c(C(=O)O)cn3C2CC2)CC1. The number of aryl methyl sites for hydroxylation is 1. The molecule has 3 heterocycles. The molecule has 41 heavy (non-hydrogen) atoms. The number of halogens is 1. The normalized spacial score (nSPS) is 15.3. The minimum atomic E-state index is -1.35. The Kier molecular flexibility index (Phi) is 7.52. The first-order valence-corrected chi connectivity index (χ1v) is 13.3. The monoisotopic (exact) mass is 567 g/mol. The number of pyridine rings is 2. The van der Waals surface area contributed by atoms with Crippen LogP contribution in [0.3, 0.4) is 0 Å². The molecule has 1 aliphatic heterocycles. The predicted molar refractivity (Wildman–Crippen MR) is 147 cm³/mol. The number of aromatic hydroxyl groups is 1. The number of aromatic carboxylic acids is 1. The number of anilines is 1. The number of hydrogen-bond donors (Lipinski definition) is 3.